The first-order valence-electron chi connectivity index (χ1n) is 10.1. The lowest BCUT2D eigenvalue weighted by atomic mass is 10.0. The second kappa shape index (κ2) is 7.96. The van der Waals surface area contributed by atoms with Gasteiger partial charge in [-0.15, -0.1) is 0 Å². The molecule has 0 bridgehead atoms. The van der Waals surface area contributed by atoms with E-state index >= 15 is 0 Å². The van der Waals surface area contributed by atoms with Gasteiger partial charge in [0.25, 0.3) is 0 Å². The molecule has 0 fully saturated rings. The van der Waals surface area contributed by atoms with Crippen molar-refractivity contribution in [3.8, 4) is 6.07 Å². The molecule has 0 saturated carbocycles. The zero-order valence-corrected chi connectivity index (χ0v) is 17.4. The number of nitriles is 1. The van der Waals surface area contributed by atoms with Crippen molar-refractivity contribution in [1.29, 1.82) is 5.26 Å². The maximum atomic E-state index is 13.2. The van der Waals surface area contributed by atoms with E-state index in [4.69, 9.17) is 0 Å². The molecule has 150 valence electrons. The molecule has 0 radical (unpaired) electrons. The van der Waals surface area contributed by atoms with E-state index in [0.29, 0.717) is 30.6 Å². The molecule has 0 saturated heterocycles. The number of carbonyl (C=O) groups excluding carboxylic acids is 1. The molecular weight excluding hydrogens is 374 g/mol. The molecule has 30 heavy (non-hydrogen) atoms. The summed E-state index contributed by atoms with van der Waals surface area (Å²) in [5.41, 5.74) is 4.70. The van der Waals surface area contributed by atoms with Crippen LogP contribution in [0.5, 0.6) is 0 Å². The van der Waals surface area contributed by atoms with Gasteiger partial charge in [-0.2, -0.15) is 10.4 Å². The number of fused-ring (bicyclic) bond motifs is 2. The SMILES string of the molecule is CCN(C(=O)CCc1c(C)nc2c(C#N)cnn2c1C)c1cccc2ccccc12. The van der Waals surface area contributed by atoms with Crippen LogP contribution >= 0.6 is 0 Å². The minimum Gasteiger partial charge on any atom is -0.312 e. The standard InChI is InChI=1S/C24H23N5O/c1-4-28(22-11-7-9-18-8-5-6-10-21(18)22)23(30)13-12-20-16(2)27-24-19(14-25)15-26-29(24)17(20)3/h5-11,15H,4,12-13H2,1-3H3. The lowest BCUT2D eigenvalue weighted by Gasteiger charge is -2.23. The summed E-state index contributed by atoms with van der Waals surface area (Å²) < 4.78 is 1.69. The fourth-order valence-corrected chi connectivity index (χ4v) is 4.04. The molecule has 0 spiro atoms. The summed E-state index contributed by atoms with van der Waals surface area (Å²) in [6, 6.07) is 16.3. The molecule has 0 atom stereocenters. The van der Waals surface area contributed by atoms with Crippen LogP contribution in [0.2, 0.25) is 0 Å². The van der Waals surface area contributed by atoms with Crippen molar-refractivity contribution in [3.63, 3.8) is 0 Å². The van der Waals surface area contributed by atoms with Crippen LogP contribution in [-0.2, 0) is 11.2 Å². The van der Waals surface area contributed by atoms with Crippen LogP contribution in [-0.4, -0.2) is 27.0 Å². The van der Waals surface area contributed by atoms with Gasteiger partial charge in [0.05, 0.1) is 11.9 Å². The van der Waals surface area contributed by atoms with Crippen molar-refractivity contribution in [3.05, 3.63) is 71.2 Å². The van der Waals surface area contributed by atoms with E-state index in [1.807, 2.05) is 49.9 Å². The molecule has 0 aliphatic rings. The zero-order valence-electron chi connectivity index (χ0n) is 17.4. The van der Waals surface area contributed by atoms with Crippen molar-refractivity contribution in [2.75, 3.05) is 11.4 Å². The third-order valence-electron chi connectivity index (χ3n) is 5.59. The lowest BCUT2D eigenvalue weighted by molar-refractivity contribution is -0.118. The Bertz CT molecular complexity index is 1290. The predicted octanol–water partition coefficient (Wildman–Crippen LogP) is 4.36. The Hall–Kier alpha value is -3.72. The molecule has 0 unspecified atom stereocenters. The molecule has 6 heteroatoms. The topological polar surface area (TPSA) is 74.3 Å². The molecule has 4 rings (SSSR count). The van der Waals surface area contributed by atoms with Crippen LogP contribution < -0.4 is 4.90 Å². The average molecular weight is 397 g/mol. The molecule has 4 aromatic rings. The first kappa shape index (κ1) is 19.6. The van der Waals surface area contributed by atoms with E-state index in [0.717, 1.165) is 33.4 Å². The minimum atomic E-state index is 0.0749. The van der Waals surface area contributed by atoms with Crippen LogP contribution in [0.1, 0.15) is 35.9 Å². The van der Waals surface area contributed by atoms with Gasteiger partial charge in [-0.1, -0.05) is 36.4 Å². The monoisotopic (exact) mass is 397 g/mol. The largest absolute Gasteiger partial charge is 0.312 e. The van der Waals surface area contributed by atoms with E-state index in [2.05, 4.69) is 34.4 Å². The number of hydrogen-bond acceptors (Lipinski definition) is 4. The van der Waals surface area contributed by atoms with Gasteiger partial charge in [0.15, 0.2) is 5.65 Å². The number of benzene rings is 2. The van der Waals surface area contributed by atoms with E-state index < -0.39 is 0 Å². The molecule has 2 aromatic carbocycles. The van der Waals surface area contributed by atoms with Gasteiger partial charge < -0.3 is 4.90 Å². The Balaban J connectivity index is 1.62. The number of aromatic nitrogens is 3. The second-order valence-corrected chi connectivity index (χ2v) is 7.30. The van der Waals surface area contributed by atoms with Gasteiger partial charge in [-0.25, -0.2) is 9.50 Å². The highest BCUT2D eigenvalue weighted by Gasteiger charge is 2.19. The summed E-state index contributed by atoms with van der Waals surface area (Å²) in [6.45, 7) is 6.48. The van der Waals surface area contributed by atoms with E-state index in [-0.39, 0.29) is 5.91 Å². The van der Waals surface area contributed by atoms with E-state index in [1.165, 1.54) is 6.20 Å². The summed E-state index contributed by atoms with van der Waals surface area (Å²) in [5, 5.41) is 15.7. The number of amides is 1. The number of hydrogen-bond donors (Lipinski definition) is 0. The van der Waals surface area contributed by atoms with Crippen molar-refractivity contribution >= 4 is 28.0 Å². The lowest BCUT2D eigenvalue weighted by Crippen LogP contribution is -2.31. The molecule has 2 heterocycles. The zero-order chi connectivity index (χ0) is 21.3. The number of anilines is 1. The van der Waals surface area contributed by atoms with Gasteiger partial charge in [0, 0.05) is 29.7 Å². The minimum absolute atomic E-state index is 0.0749. The molecule has 2 aromatic heterocycles. The maximum absolute atomic E-state index is 13.2. The first-order chi connectivity index (χ1) is 14.5. The molecular formula is C24H23N5O. The van der Waals surface area contributed by atoms with Crippen LogP contribution in [0.25, 0.3) is 16.4 Å². The molecule has 0 N–H and O–H groups in total. The fraction of sp³-hybridized carbons (Fsp3) is 0.250. The Morgan fingerprint density at radius 3 is 2.70 bits per heavy atom. The third kappa shape index (κ3) is 3.29. The smallest absolute Gasteiger partial charge is 0.227 e. The Morgan fingerprint density at radius 2 is 1.93 bits per heavy atom. The normalized spacial score (nSPS) is 11.0. The Labute approximate surface area is 175 Å². The van der Waals surface area contributed by atoms with Gasteiger partial charge in [-0.05, 0) is 44.2 Å². The highest BCUT2D eigenvalue weighted by Crippen LogP contribution is 2.27. The summed E-state index contributed by atoms with van der Waals surface area (Å²) >= 11 is 0. The van der Waals surface area contributed by atoms with Gasteiger partial charge in [0.1, 0.15) is 11.6 Å². The van der Waals surface area contributed by atoms with E-state index in [1.54, 1.807) is 4.52 Å². The molecule has 0 aliphatic heterocycles. The first-order valence-corrected chi connectivity index (χ1v) is 10.1. The summed E-state index contributed by atoms with van der Waals surface area (Å²) in [5.74, 6) is 0.0749. The molecule has 6 nitrogen and oxygen atoms in total. The number of aryl methyl sites for hydroxylation is 2. The fourth-order valence-electron chi connectivity index (χ4n) is 4.04. The summed E-state index contributed by atoms with van der Waals surface area (Å²) in [6.07, 6.45) is 2.48. The van der Waals surface area contributed by atoms with Crippen LogP contribution in [0.3, 0.4) is 0 Å². The van der Waals surface area contributed by atoms with Gasteiger partial charge in [0.2, 0.25) is 5.91 Å². The summed E-state index contributed by atoms with van der Waals surface area (Å²) in [4.78, 5) is 19.6. The van der Waals surface area contributed by atoms with Gasteiger partial charge >= 0.3 is 0 Å². The number of nitrogens with zero attached hydrogens (tertiary/aromatic N) is 5. The highest BCUT2D eigenvalue weighted by molar-refractivity contribution is 6.03. The van der Waals surface area contributed by atoms with Crippen molar-refractivity contribution in [2.45, 2.75) is 33.6 Å². The Morgan fingerprint density at radius 1 is 1.17 bits per heavy atom. The third-order valence-corrected chi connectivity index (χ3v) is 5.59. The van der Waals surface area contributed by atoms with Crippen molar-refractivity contribution in [2.24, 2.45) is 0 Å². The second-order valence-electron chi connectivity index (χ2n) is 7.30. The van der Waals surface area contributed by atoms with Crippen LogP contribution in [0, 0.1) is 25.2 Å². The predicted molar refractivity (Wildman–Crippen MR) is 117 cm³/mol. The van der Waals surface area contributed by atoms with Crippen molar-refractivity contribution < 1.29 is 4.79 Å². The van der Waals surface area contributed by atoms with Crippen molar-refractivity contribution in [1.82, 2.24) is 14.6 Å². The Kier molecular flexibility index (Phi) is 5.20. The van der Waals surface area contributed by atoms with Crippen LogP contribution in [0.15, 0.2) is 48.7 Å². The molecule has 0 aliphatic carbocycles. The van der Waals surface area contributed by atoms with Crippen LogP contribution in [0.4, 0.5) is 5.69 Å². The number of rotatable bonds is 5. The quantitative estimate of drug-likeness (QED) is 0.502. The highest BCUT2D eigenvalue weighted by atomic mass is 16.2. The maximum Gasteiger partial charge on any atom is 0.227 e. The number of carbonyl (C=O) groups is 1. The average Bonchev–Trinajstić information content (AvgIpc) is 3.17. The van der Waals surface area contributed by atoms with E-state index in [9.17, 15) is 10.1 Å². The molecule has 1 amide bonds. The summed E-state index contributed by atoms with van der Waals surface area (Å²) in [7, 11) is 0. The van der Waals surface area contributed by atoms with Gasteiger partial charge in [-0.3, -0.25) is 4.79 Å².